The second-order valence-corrected chi connectivity index (χ2v) is 7.38. The predicted octanol–water partition coefficient (Wildman–Crippen LogP) is 2.53. The van der Waals surface area contributed by atoms with Crippen LogP contribution in [0.4, 0.5) is 5.82 Å². The Morgan fingerprint density at radius 2 is 2.12 bits per heavy atom. The Bertz CT molecular complexity index is 1080. The van der Waals surface area contributed by atoms with E-state index in [0.717, 1.165) is 50.5 Å². The summed E-state index contributed by atoms with van der Waals surface area (Å²) in [5, 5.41) is 8.19. The first kappa shape index (κ1) is 15.7. The average Bonchev–Trinajstić information content (AvgIpc) is 3.34. The Balaban J connectivity index is 1.74. The number of ether oxygens (including phenoxy) is 1. The number of hydrogen-bond donors (Lipinski definition) is 2. The fourth-order valence-electron chi connectivity index (χ4n) is 3.34. The van der Waals surface area contributed by atoms with Crippen LogP contribution < -0.4 is 10.6 Å². The lowest BCUT2D eigenvalue weighted by Gasteiger charge is -2.28. The zero-order valence-corrected chi connectivity index (χ0v) is 14.9. The summed E-state index contributed by atoms with van der Waals surface area (Å²) < 4.78 is 6.60. The number of hydrogen-bond acceptors (Lipinski definition) is 7. The molecule has 4 heterocycles. The highest BCUT2D eigenvalue weighted by atomic mass is 32.1. The average molecular weight is 366 g/mol. The predicted molar refractivity (Wildman–Crippen MR) is 103 cm³/mol. The molecule has 132 valence electrons. The van der Waals surface area contributed by atoms with Gasteiger partial charge in [0.15, 0.2) is 11.6 Å². The summed E-state index contributed by atoms with van der Waals surface area (Å²) in [5.41, 5.74) is 8.77. The van der Waals surface area contributed by atoms with Gasteiger partial charge in [0.25, 0.3) is 0 Å². The van der Waals surface area contributed by atoms with Gasteiger partial charge in [0.05, 0.1) is 35.1 Å². The minimum atomic E-state index is 0.510. The molecule has 0 aliphatic carbocycles. The maximum absolute atomic E-state index is 5.87. The molecule has 0 amide bonds. The van der Waals surface area contributed by atoms with Crippen LogP contribution in [0.5, 0.6) is 0 Å². The number of nitrogens with one attached hydrogen (secondary N) is 1. The summed E-state index contributed by atoms with van der Waals surface area (Å²) in [6, 6.07) is 8.12. The van der Waals surface area contributed by atoms with E-state index in [1.165, 1.54) is 0 Å². The van der Waals surface area contributed by atoms with Crippen LogP contribution in [0.15, 0.2) is 30.5 Å². The van der Waals surface area contributed by atoms with Gasteiger partial charge in [0.1, 0.15) is 0 Å². The van der Waals surface area contributed by atoms with Crippen molar-refractivity contribution in [1.29, 1.82) is 0 Å². The van der Waals surface area contributed by atoms with Gasteiger partial charge in [-0.1, -0.05) is 12.1 Å². The van der Waals surface area contributed by atoms with Gasteiger partial charge >= 0.3 is 0 Å². The van der Waals surface area contributed by atoms with Crippen molar-refractivity contribution < 1.29 is 4.74 Å². The van der Waals surface area contributed by atoms with E-state index in [1.54, 1.807) is 11.3 Å². The Labute approximate surface area is 153 Å². The standard InChI is InChI=1S/C18H18N6OS/c19-9-11-8-15-16(26-11)18(24-4-6-25-7-5-24)22-17(21-15)12-2-1-3-14-13(12)10-20-23-14/h1-3,8,10H,4-7,9,19H2,(H,20,23). The molecule has 3 N–H and O–H groups in total. The maximum Gasteiger partial charge on any atom is 0.162 e. The van der Waals surface area contributed by atoms with E-state index in [1.807, 2.05) is 24.4 Å². The van der Waals surface area contributed by atoms with Crippen molar-refractivity contribution >= 4 is 38.3 Å². The van der Waals surface area contributed by atoms with Crippen LogP contribution in [0.1, 0.15) is 4.88 Å². The number of aromatic amines is 1. The third kappa shape index (κ3) is 2.54. The van der Waals surface area contributed by atoms with Crippen molar-refractivity contribution in [2.45, 2.75) is 6.54 Å². The number of morpholine rings is 1. The minimum Gasteiger partial charge on any atom is -0.378 e. The van der Waals surface area contributed by atoms with E-state index in [9.17, 15) is 0 Å². The number of H-pyrrole nitrogens is 1. The Hall–Kier alpha value is -2.55. The highest BCUT2D eigenvalue weighted by molar-refractivity contribution is 7.19. The Morgan fingerprint density at radius 1 is 1.23 bits per heavy atom. The Kier molecular flexibility index (Phi) is 3.81. The number of anilines is 1. The molecule has 0 radical (unpaired) electrons. The van der Waals surface area contributed by atoms with Crippen molar-refractivity contribution in [3.8, 4) is 11.4 Å². The van der Waals surface area contributed by atoms with E-state index < -0.39 is 0 Å². The molecular weight excluding hydrogens is 348 g/mol. The molecule has 8 heteroatoms. The van der Waals surface area contributed by atoms with Gasteiger partial charge < -0.3 is 15.4 Å². The number of rotatable bonds is 3. The zero-order chi connectivity index (χ0) is 17.5. The van der Waals surface area contributed by atoms with Gasteiger partial charge in [-0.05, 0) is 12.1 Å². The van der Waals surface area contributed by atoms with Crippen molar-refractivity contribution in [3.63, 3.8) is 0 Å². The SMILES string of the molecule is NCc1cc2nc(-c3cccc4[nH]ncc34)nc(N3CCOCC3)c2s1. The lowest BCUT2D eigenvalue weighted by molar-refractivity contribution is 0.122. The molecule has 26 heavy (non-hydrogen) atoms. The lowest BCUT2D eigenvalue weighted by atomic mass is 10.1. The molecule has 0 saturated carbocycles. The molecule has 0 atom stereocenters. The van der Waals surface area contributed by atoms with E-state index in [2.05, 4.69) is 21.2 Å². The third-order valence-electron chi connectivity index (χ3n) is 4.64. The Morgan fingerprint density at radius 3 is 2.96 bits per heavy atom. The molecular formula is C18H18N6OS. The maximum atomic E-state index is 5.87. The van der Waals surface area contributed by atoms with Gasteiger partial charge in [-0.25, -0.2) is 9.97 Å². The van der Waals surface area contributed by atoms with Gasteiger partial charge in [-0.15, -0.1) is 11.3 Å². The van der Waals surface area contributed by atoms with Crippen LogP contribution in [-0.2, 0) is 11.3 Å². The van der Waals surface area contributed by atoms with Crippen LogP contribution in [-0.4, -0.2) is 46.5 Å². The summed E-state index contributed by atoms with van der Waals surface area (Å²) in [6.07, 6.45) is 1.82. The molecule has 1 aliphatic rings. The first-order chi connectivity index (χ1) is 12.8. The van der Waals surface area contributed by atoms with Crippen LogP contribution in [0, 0.1) is 0 Å². The second-order valence-electron chi connectivity index (χ2n) is 6.24. The number of thiophene rings is 1. The number of nitrogens with zero attached hydrogens (tertiary/aromatic N) is 4. The van der Waals surface area contributed by atoms with Gasteiger partial charge in [-0.2, -0.15) is 5.10 Å². The van der Waals surface area contributed by atoms with E-state index in [-0.39, 0.29) is 0 Å². The molecule has 5 rings (SSSR count). The first-order valence-electron chi connectivity index (χ1n) is 8.59. The number of fused-ring (bicyclic) bond motifs is 2. The first-order valence-corrected chi connectivity index (χ1v) is 9.41. The number of aromatic nitrogens is 4. The molecule has 0 spiro atoms. The van der Waals surface area contributed by atoms with Crippen molar-refractivity contribution in [1.82, 2.24) is 20.2 Å². The van der Waals surface area contributed by atoms with Crippen LogP contribution in [0.25, 0.3) is 32.5 Å². The third-order valence-corrected chi connectivity index (χ3v) is 5.78. The van der Waals surface area contributed by atoms with Crippen LogP contribution >= 0.6 is 11.3 Å². The summed E-state index contributed by atoms with van der Waals surface area (Å²) in [4.78, 5) is 13.2. The summed E-state index contributed by atoms with van der Waals surface area (Å²) in [6.45, 7) is 3.60. The molecule has 7 nitrogen and oxygen atoms in total. The highest BCUT2D eigenvalue weighted by Crippen LogP contribution is 2.35. The van der Waals surface area contributed by atoms with Crippen molar-refractivity contribution in [3.05, 3.63) is 35.3 Å². The fraction of sp³-hybridized carbons (Fsp3) is 0.278. The van der Waals surface area contributed by atoms with E-state index in [4.69, 9.17) is 20.4 Å². The van der Waals surface area contributed by atoms with Crippen molar-refractivity contribution in [2.75, 3.05) is 31.2 Å². The van der Waals surface area contributed by atoms with Gasteiger partial charge in [0.2, 0.25) is 0 Å². The molecule has 4 aromatic rings. The molecule has 1 aromatic carbocycles. The molecule has 0 unspecified atom stereocenters. The zero-order valence-electron chi connectivity index (χ0n) is 14.1. The quantitative estimate of drug-likeness (QED) is 0.579. The number of nitrogens with two attached hydrogens (primary N) is 1. The van der Waals surface area contributed by atoms with Gasteiger partial charge in [-0.3, -0.25) is 5.10 Å². The number of benzene rings is 1. The minimum absolute atomic E-state index is 0.510. The topological polar surface area (TPSA) is 93.0 Å². The smallest absolute Gasteiger partial charge is 0.162 e. The molecule has 1 saturated heterocycles. The summed E-state index contributed by atoms with van der Waals surface area (Å²) in [5.74, 6) is 1.69. The molecule has 1 aliphatic heterocycles. The van der Waals surface area contributed by atoms with Gasteiger partial charge in [0, 0.05) is 35.5 Å². The van der Waals surface area contributed by atoms with Crippen LogP contribution in [0.2, 0.25) is 0 Å². The van der Waals surface area contributed by atoms with Crippen LogP contribution in [0.3, 0.4) is 0 Å². The highest BCUT2D eigenvalue weighted by Gasteiger charge is 2.20. The molecule has 1 fully saturated rings. The fourth-order valence-corrected chi connectivity index (χ4v) is 4.33. The second kappa shape index (κ2) is 6.31. The van der Waals surface area contributed by atoms with E-state index in [0.29, 0.717) is 25.6 Å². The molecule has 3 aromatic heterocycles. The molecule has 0 bridgehead atoms. The lowest BCUT2D eigenvalue weighted by Crippen LogP contribution is -2.36. The van der Waals surface area contributed by atoms with E-state index >= 15 is 0 Å². The normalized spacial score (nSPS) is 15.2. The van der Waals surface area contributed by atoms with Crippen molar-refractivity contribution in [2.24, 2.45) is 5.73 Å². The summed E-state index contributed by atoms with van der Waals surface area (Å²) in [7, 11) is 0. The monoisotopic (exact) mass is 366 g/mol. The summed E-state index contributed by atoms with van der Waals surface area (Å²) >= 11 is 1.68. The largest absolute Gasteiger partial charge is 0.378 e.